The summed E-state index contributed by atoms with van der Waals surface area (Å²) in [6.45, 7) is 1.64. The molecule has 0 saturated carbocycles. The smallest absolute Gasteiger partial charge is 0.354 e. The lowest BCUT2D eigenvalue weighted by Gasteiger charge is -2.07. The molecule has 1 heterocycles. The standard InChI is InChI=1S/C12H8Cl2N2O3/c1-6-5-8(11(17)18)16-12(15-6)19-9-4-2-3-7(13)10(9)14/h2-5H,1H3,(H,17,18). The van der Waals surface area contributed by atoms with Gasteiger partial charge in [-0.3, -0.25) is 0 Å². The number of carbonyl (C=O) groups is 1. The number of hydrogen-bond donors (Lipinski definition) is 1. The van der Waals surface area contributed by atoms with E-state index in [9.17, 15) is 4.79 Å². The summed E-state index contributed by atoms with van der Waals surface area (Å²) < 4.78 is 5.36. The molecule has 19 heavy (non-hydrogen) atoms. The van der Waals surface area contributed by atoms with E-state index in [-0.39, 0.29) is 22.5 Å². The first-order valence-electron chi connectivity index (χ1n) is 5.18. The molecule has 0 saturated heterocycles. The number of nitrogens with zero attached hydrogens (tertiary/aromatic N) is 2. The van der Waals surface area contributed by atoms with Gasteiger partial charge in [0.1, 0.15) is 5.02 Å². The number of rotatable bonds is 3. The van der Waals surface area contributed by atoms with E-state index in [2.05, 4.69) is 9.97 Å². The predicted octanol–water partition coefficient (Wildman–Crippen LogP) is 3.58. The highest BCUT2D eigenvalue weighted by Gasteiger charge is 2.12. The topological polar surface area (TPSA) is 72.3 Å². The minimum atomic E-state index is -1.16. The lowest BCUT2D eigenvalue weighted by atomic mass is 10.3. The van der Waals surface area contributed by atoms with Crippen LogP contribution in [0.3, 0.4) is 0 Å². The first kappa shape index (κ1) is 13.6. The Morgan fingerprint density at radius 1 is 1.32 bits per heavy atom. The van der Waals surface area contributed by atoms with Gasteiger partial charge in [0.05, 0.1) is 5.02 Å². The highest BCUT2D eigenvalue weighted by molar-refractivity contribution is 6.42. The Bertz CT molecular complexity index is 647. The molecule has 0 fully saturated rings. The Labute approximate surface area is 118 Å². The normalized spacial score (nSPS) is 10.3. The Hall–Kier alpha value is -1.85. The Kier molecular flexibility index (Phi) is 3.87. The van der Waals surface area contributed by atoms with Gasteiger partial charge in [-0.1, -0.05) is 29.3 Å². The molecule has 0 atom stereocenters. The second-order valence-corrected chi connectivity index (χ2v) is 4.42. The second kappa shape index (κ2) is 5.42. The molecule has 2 aromatic rings. The van der Waals surface area contributed by atoms with Gasteiger partial charge in [0.25, 0.3) is 0 Å². The van der Waals surface area contributed by atoms with Crippen LogP contribution in [0.2, 0.25) is 10.0 Å². The number of hydrogen-bond acceptors (Lipinski definition) is 4. The van der Waals surface area contributed by atoms with Crippen molar-refractivity contribution in [2.24, 2.45) is 0 Å². The fourth-order valence-corrected chi connectivity index (χ4v) is 1.69. The molecule has 0 amide bonds. The third-order valence-corrected chi connectivity index (χ3v) is 2.97. The summed E-state index contributed by atoms with van der Waals surface area (Å²) in [5, 5.41) is 9.44. The zero-order valence-corrected chi connectivity index (χ0v) is 11.2. The van der Waals surface area contributed by atoms with E-state index in [0.717, 1.165) is 0 Å². The zero-order valence-electron chi connectivity index (χ0n) is 9.72. The average Bonchev–Trinajstić information content (AvgIpc) is 2.34. The molecule has 2 rings (SSSR count). The van der Waals surface area contributed by atoms with E-state index < -0.39 is 5.97 Å². The highest BCUT2D eigenvalue weighted by Crippen LogP contribution is 2.33. The summed E-state index contributed by atoms with van der Waals surface area (Å²) in [6, 6.07) is 6.09. The van der Waals surface area contributed by atoms with Crippen molar-refractivity contribution in [2.75, 3.05) is 0 Å². The van der Waals surface area contributed by atoms with Crippen molar-refractivity contribution >= 4 is 29.2 Å². The first-order chi connectivity index (χ1) is 8.97. The quantitative estimate of drug-likeness (QED) is 0.937. The van der Waals surface area contributed by atoms with Crippen LogP contribution < -0.4 is 4.74 Å². The van der Waals surface area contributed by atoms with Gasteiger partial charge in [-0.2, -0.15) is 4.98 Å². The molecule has 0 aliphatic rings. The fraction of sp³-hybridized carbons (Fsp3) is 0.0833. The molecule has 5 nitrogen and oxygen atoms in total. The Morgan fingerprint density at radius 3 is 2.74 bits per heavy atom. The molecule has 0 bridgehead atoms. The van der Waals surface area contributed by atoms with Gasteiger partial charge in [0, 0.05) is 5.69 Å². The Morgan fingerprint density at radius 2 is 2.05 bits per heavy atom. The third kappa shape index (κ3) is 3.13. The highest BCUT2D eigenvalue weighted by atomic mass is 35.5. The number of carboxylic acid groups (broad SMARTS) is 1. The summed E-state index contributed by atoms with van der Waals surface area (Å²) >= 11 is 11.8. The molecule has 0 aliphatic heterocycles. The van der Waals surface area contributed by atoms with Crippen LogP contribution in [0.4, 0.5) is 0 Å². The van der Waals surface area contributed by atoms with Gasteiger partial charge >= 0.3 is 12.0 Å². The van der Waals surface area contributed by atoms with Crippen molar-refractivity contribution in [1.82, 2.24) is 9.97 Å². The second-order valence-electron chi connectivity index (χ2n) is 3.64. The van der Waals surface area contributed by atoms with Gasteiger partial charge < -0.3 is 9.84 Å². The lowest BCUT2D eigenvalue weighted by Crippen LogP contribution is -2.04. The van der Waals surface area contributed by atoms with Crippen molar-refractivity contribution in [3.63, 3.8) is 0 Å². The summed E-state index contributed by atoms with van der Waals surface area (Å²) in [5.41, 5.74) is 0.321. The first-order valence-corrected chi connectivity index (χ1v) is 5.94. The fourth-order valence-electron chi connectivity index (χ4n) is 1.36. The molecule has 0 radical (unpaired) electrons. The number of aromatic carboxylic acids is 1. The van der Waals surface area contributed by atoms with Crippen molar-refractivity contribution in [2.45, 2.75) is 6.92 Å². The molecule has 0 aliphatic carbocycles. The lowest BCUT2D eigenvalue weighted by molar-refractivity contribution is 0.0689. The molecular formula is C12H8Cl2N2O3. The van der Waals surface area contributed by atoms with Crippen molar-refractivity contribution in [3.8, 4) is 11.8 Å². The van der Waals surface area contributed by atoms with Crippen LogP contribution in [0.1, 0.15) is 16.2 Å². The van der Waals surface area contributed by atoms with Crippen LogP contribution in [0, 0.1) is 6.92 Å². The average molecular weight is 299 g/mol. The third-order valence-electron chi connectivity index (χ3n) is 2.17. The number of aryl methyl sites for hydroxylation is 1. The zero-order chi connectivity index (χ0) is 14.0. The van der Waals surface area contributed by atoms with Crippen LogP contribution in [-0.2, 0) is 0 Å². The van der Waals surface area contributed by atoms with Gasteiger partial charge in [-0.15, -0.1) is 0 Å². The largest absolute Gasteiger partial charge is 0.477 e. The molecule has 98 valence electrons. The summed E-state index contributed by atoms with van der Waals surface area (Å²) in [7, 11) is 0. The minimum Gasteiger partial charge on any atom is -0.477 e. The molecular weight excluding hydrogens is 291 g/mol. The summed E-state index contributed by atoms with van der Waals surface area (Å²) in [5.74, 6) is -0.899. The molecule has 1 aromatic heterocycles. The van der Waals surface area contributed by atoms with E-state index in [1.807, 2.05) is 0 Å². The number of benzene rings is 1. The molecule has 1 N–H and O–H groups in total. The van der Waals surface area contributed by atoms with E-state index >= 15 is 0 Å². The molecule has 0 unspecified atom stereocenters. The van der Waals surface area contributed by atoms with Gasteiger partial charge in [0.15, 0.2) is 11.4 Å². The van der Waals surface area contributed by atoms with Gasteiger partial charge in [0.2, 0.25) is 0 Å². The van der Waals surface area contributed by atoms with Crippen LogP contribution in [0.25, 0.3) is 0 Å². The number of carboxylic acids is 1. The minimum absolute atomic E-state index is 0.0958. The van der Waals surface area contributed by atoms with E-state index in [1.54, 1.807) is 25.1 Å². The number of ether oxygens (including phenoxy) is 1. The number of aromatic nitrogens is 2. The SMILES string of the molecule is Cc1cc(C(=O)O)nc(Oc2cccc(Cl)c2Cl)n1. The van der Waals surface area contributed by atoms with Gasteiger partial charge in [-0.25, -0.2) is 9.78 Å². The van der Waals surface area contributed by atoms with Crippen LogP contribution in [-0.4, -0.2) is 21.0 Å². The van der Waals surface area contributed by atoms with Crippen LogP contribution in [0.15, 0.2) is 24.3 Å². The molecule has 7 heteroatoms. The van der Waals surface area contributed by atoms with Crippen molar-refractivity contribution in [3.05, 3.63) is 45.7 Å². The maximum atomic E-state index is 10.9. The van der Waals surface area contributed by atoms with E-state index in [4.69, 9.17) is 33.0 Å². The maximum Gasteiger partial charge on any atom is 0.354 e. The molecule has 1 aromatic carbocycles. The van der Waals surface area contributed by atoms with Crippen molar-refractivity contribution < 1.29 is 14.6 Å². The van der Waals surface area contributed by atoms with E-state index in [1.165, 1.54) is 6.07 Å². The maximum absolute atomic E-state index is 10.9. The van der Waals surface area contributed by atoms with Crippen LogP contribution >= 0.6 is 23.2 Å². The predicted molar refractivity (Wildman–Crippen MR) is 70.3 cm³/mol. The monoisotopic (exact) mass is 298 g/mol. The van der Waals surface area contributed by atoms with E-state index in [0.29, 0.717) is 10.7 Å². The Balaban J connectivity index is 2.38. The number of halogens is 2. The molecule has 0 spiro atoms. The van der Waals surface area contributed by atoms with Crippen molar-refractivity contribution in [1.29, 1.82) is 0 Å². The summed E-state index contributed by atoms with van der Waals surface area (Å²) in [6.07, 6.45) is 0. The van der Waals surface area contributed by atoms with Crippen LogP contribution in [0.5, 0.6) is 11.8 Å². The summed E-state index contributed by atoms with van der Waals surface area (Å²) in [4.78, 5) is 18.6. The van der Waals surface area contributed by atoms with Gasteiger partial charge in [-0.05, 0) is 25.1 Å².